The zero-order valence-corrected chi connectivity index (χ0v) is 36.5. The molecular formula is C45H51N13O6. The average Bonchev–Trinajstić information content (AvgIpc) is 3.80. The summed E-state index contributed by atoms with van der Waals surface area (Å²) < 4.78 is 19.9. The fourth-order valence-electron chi connectivity index (χ4n) is 6.89. The number of nitrogens with two attached hydrogens (primary N) is 1. The summed E-state index contributed by atoms with van der Waals surface area (Å²) in [5.41, 5.74) is 12.8. The molecule has 0 atom stereocenters. The highest BCUT2D eigenvalue weighted by molar-refractivity contribution is 6.05. The monoisotopic (exact) mass is 869 g/mol. The lowest BCUT2D eigenvalue weighted by Crippen LogP contribution is -2.29. The molecule has 0 bridgehead atoms. The van der Waals surface area contributed by atoms with Crippen LogP contribution in [0.1, 0.15) is 11.1 Å². The number of rotatable bonds is 19. The predicted octanol–water partition coefficient (Wildman–Crippen LogP) is 4.70. The highest BCUT2D eigenvalue weighted by Gasteiger charge is 2.19. The van der Waals surface area contributed by atoms with E-state index in [1.165, 1.54) is 16.7 Å². The number of aromatic nitrogens is 7. The molecule has 0 saturated carbocycles. The lowest BCUT2D eigenvalue weighted by molar-refractivity contribution is -0.117. The maximum Gasteiger partial charge on any atom is 0.320 e. The molecule has 19 heteroatoms. The van der Waals surface area contributed by atoms with E-state index in [-0.39, 0.29) is 43.1 Å². The van der Waals surface area contributed by atoms with Gasteiger partial charge in [-0.3, -0.25) is 14.2 Å². The number of ether oxygens (including phenoxy) is 3. The lowest BCUT2D eigenvalue weighted by atomic mass is 10.1. The zero-order chi connectivity index (χ0) is 45.3. The second-order valence-electron chi connectivity index (χ2n) is 15.1. The maximum atomic E-state index is 13.4. The molecule has 0 unspecified atom stereocenters. The van der Waals surface area contributed by atoms with Gasteiger partial charge in [0.25, 0.3) is 6.01 Å². The molecule has 4 heterocycles. The van der Waals surface area contributed by atoms with Crippen LogP contribution < -0.4 is 36.1 Å². The molecule has 0 aliphatic heterocycles. The number of nitrogens with one attached hydrogen (secondary N) is 3. The number of carbonyl (C=O) groups excluding carboxylic acids is 2. The predicted molar refractivity (Wildman–Crippen MR) is 246 cm³/mol. The van der Waals surface area contributed by atoms with E-state index < -0.39 is 11.8 Å². The van der Waals surface area contributed by atoms with Crippen LogP contribution in [-0.4, -0.2) is 118 Å². The summed E-state index contributed by atoms with van der Waals surface area (Å²) in [6.07, 6.45) is 6.10. The number of fused-ring (bicyclic) bond motifs is 2. The molecule has 2 amide bonds. The number of benzene rings is 3. The van der Waals surface area contributed by atoms with Crippen molar-refractivity contribution in [3.8, 4) is 29.0 Å². The second kappa shape index (κ2) is 20.0. The topological polar surface area (TPSA) is 225 Å². The number of para-hydroxylation sites is 1. The van der Waals surface area contributed by atoms with Gasteiger partial charge in [-0.25, -0.2) is 9.97 Å². The molecule has 0 aliphatic carbocycles. The molecule has 7 rings (SSSR count). The zero-order valence-electron chi connectivity index (χ0n) is 36.5. The van der Waals surface area contributed by atoms with Crippen molar-refractivity contribution in [3.05, 3.63) is 102 Å². The first-order valence-corrected chi connectivity index (χ1v) is 20.3. The number of nitrogens with zero attached hydrogens (tertiary/aromatic N) is 9. The Morgan fingerprint density at radius 1 is 0.891 bits per heavy atom. The lowest BCUT2D eigenvalue weighted by Gasteiger charge is -2.26. The molecule has 0 spiro atoms. The highest BCUT2D eigenvalue weighted by Crippen LogP contribution is 2.38. The van der Waals surface area contributed by atoms with Crippen LogP contribution in [-0.2, 0) is 34.5 Å². The van der Waals surface area contributed by atoms with E-state index in [1.54, 1.807) is 26.5 Å². The molecule has 0 fully saturated rings. The molecule has 19 nitrogen and oxygen atoms in total. The Morgan fingerprint density at radius 2 is 1.66 bits per heavy atom. The quantitative estimate of drug-likeness (QED) is 0.0549. The number of aryl methyl sites for hydroxylation is 1. The van der Waals surface area contributed by atoms with Crippen molar-refractivity contribution in [2.45, 2.75) is 13.1 Å². The van der Waals surface area contributed by atoms with Crippen LogP contribution in [0.25, 0.3) is 33.3 Å². The summed E-state index contributed by atoms with van der Waals surface area (Å²) in [5.74, 6) is -0.0448. The summed E-state index contributed by atoms with van der Waals surface area (Å²) in [6.45, 7) is 2.41. The third-order valence-electron chi connectivity index (χ3n) is 10.3. The first-order chi connectivity index (χ1) is 30.9. The van der Waals surface area contributed by atoms with E-state index in [0.717, 1.165) is 39.8 Å². The third kappa shape index (κ3) is 10.5. The molecule has 3 aromatic carbocycles. The van der Waals surface area contributed by atoms with Crippen LogP contribution in [0.3, 0.4) is 0 Å². The normalized spacial score (nSPS) is 11.4. The van der Waals surface area contributed by atoms with Crippen LogP contribution in [0.2, 0.25) is 0 Å². The van der Waals surface area contributed by atoms with Gasteiger partial charge in [-0.2, -0.15) is 15.0 Å². The summed E-state index contributed by atoms with van der Waals surface area (Å²) >= 11 is 0. The van der Waals surface area contributed by atoms with E-state index >= 15 is 0 Å². The van der Waals surface area contributed by atoms with E-state index in [4.69, 9.17) is 24.9 Å². The molecule has 7 aromatic rings. The first kappa shape index (κ1) is 44.3. The van der Waals surface area contributed by atoms with E-state index in [0.29, 0.717) is 47.6 Å². The molecule has 64 heavy (non-hydrogen) atoms. The van der Waals surface area contributed by atoms with Crippen molar-refractivity contribution < 1.29 is 28.9 Å². The minimum absolute atomic E-state index is 0.0439. The Balaban J connectivity index is 1.02. The van der Waals surface area contributed by atoms with Gasteiger partial charge in [0.2, 0.25) is 17.8 Å². The molecule has 0 radical (unpaired) electrons. The van der Waals surface area contributed by atoms with Crippen molar-refractivity contribution in [2.24, 2.45) is 7.05 Å². The Bertz CT molecular complexity index is 2800. The number of amides is 2. The molecule has 0 saturated heterocycles. The number of methoxy groups -OCH3 is 2. The van der Waals surface area contributed by atoms with Crippen LogP contribution >= 0.6 is 0 Å². The van der Waals surface area contributed by atoms with Gasteiger partial charge in [-0.05, 0) is 43.4 Å². The number of hydrogen-bond donors (Lipinski definition) is 5. The van der Waals surface area contributed by atoms with Gasteiger partial charge in [0.15, 0.2) is 17.0 Å². The number of hydrogen-bond acceptors (Lipinski definition) is 15. The average molecular weight is 870 g/mol. The fraction of sp³-hybridized carbons (Fsp3) is 0.267. The summed E-state index contributed by atoms with van der Waals surface area (Å²) in [6, 6.07) is 20.8. The van der Waals surface area contributed by atoms with Gasteiger partial charge < -0.3 is 55.4 Å². The Morgan fingerprint density at radius 3 is 2.42 bits per heavy atom. The van der Waals surface area contributed by atoms with E-state index in [9.17, 15) is 14.7 Å². The largest absolute Gasteiger partial charge is 0.494 e. The van der Waals surface area contributed by atoms with Crippen molar-refractivity contribution in [1.29, 1.82) is 0 Å². The number of nitrogen functional groups attached to an aromatic ring is 1. The number of aromatic hydroxyl groups is 1. The van der Waals surface area contributed by atoms with Crippen LogP contribution in [0.15, 0.2) is 91.3 Å². The summed E-state index contributed by atoms with van der Waals surface area (Å²) in [4.78, 5) is 52.3. The number of anilines is 5. The Labute approximate surface area is 369 Å². The minimum atomic E-state index is -0.511. The van der Waals surface area contributed by atoms with Crippen molar-refractivity contribution >= 4 is 62.7 Å². The third-order valence-corrected chi connectivity index (χ3v) is 10.3. The maximum absolute atomic E-state index is 13.4. The van der Waals surface area contributed by atoms with Gasteiger partial charge in [0.1, 0.15) is 12.4 Å². The number of imidazole rings is 1. The van der Waals surface area contributed by atoms with E-state index in [1.807, 2.05) is 87.8 Å². The smallest absolute Gasteiger partial charge is 0.320 e. The van der Waals surface area contributed by atoms with Crippen LogP contribution in [0, 0.1) is 0 Å². The molecule has 332 valence electrons. The van der Waals surface area contributed by atoms with E-state index in [2.05, 4.69) is 57.5 Å². The van der Waals surface area contributed by atoms with Gasteiger partial charge in [0, 0.05) is 87.9 Å². The Hall–Kier alpha value is -7.77. The van der Waals surface area contributed by atoms with Gasteiger partial charge >= 0.3 is 6.01 Å². The fourth-order valence-corrected chi connectivity index (χ4v) is 6.89. The summed E-state index contributed by atoms with van der Waals surface area (Å²) in [7, 11) is 11.0. The highest BCUT2D eigenvalue weighted by atomic mass is 16.5. The first-order valence-electron chi connectivity index (χ1n) is 20.3. The van der Waals surface area contributed by atoms with Crippen LogP contribution in [0.4, 0.5) is 28.8 Å². The van der Waals surface area contributed by atoms with Gasteiger partial charge in [-0.15, -0.1) is 0 Å². The SMILES string of the molecule is COCCOc1nc(N)c2nc(O)n(Cc3ccc(CNC(=O)/C=C/C(=O)Nc4cc(Nc5nccc(-c6cn(C)c7ccccc67)n5)c(OC)cc4N(C)CCN(C)C)cc3)c2n1. The van der Waals surface area contributed by atoms with Gasteiger partial charge in [0.05, 0.1) is 43.0 Å². The van der Waals surface area contributed by atoms with Crippen molar-refractivity contribution in [2.75, 3.05) is 82.9 Å². The van der Waals surface area contributed by atoms with Crippen LogP contribution in [0.5, 0.6) is 17.8 Å². The van der Waals surface area contributed by atoms with Crippen molar-refractivity contribution in [1.82, 2.24) is 44.3 Å². The number of carbonyl (C=O) groups is 2. The standard InChI is InChI=1S/C45H51N13O6/c1-55(2)19-20-56(3)36-24-37(63-6)34(51-43-47-18-17-32(50-43)31-27-57(4)35-10-8-7-9-30(31)35)23-33(36)49-39(60)16-15-38(59)48-25-28-11-13-29(14-12-28)26-58-42-40(52-45(58)61)41(46)53-44(54-42)64-22-21-62-5/h7-18,23-24,27H,19-22,25-26H2,1-6H3,(H,48,59)(H,49,60)(H,52,61)(H2,46,53,54)(H,47,50,51)/b16-15+. The molecular weight excluding hydrogens is 819 g/mol. The molecule has 6 N–H and O–H groups in total. The minimum Gasteiger partial charge on any atom is -0.494 e. The second-order valence-corrected chi connectivity index (χ2v) is 15.1. The number of likely N-dealkylation sites (N-methyl/N-ethyl adjacent to an activating group) is 2. The Kier molecular flexibility index (Phi) is 13.8. The van der Waals surface area contributed by atoms with Crippen molar-refractivity contribution in [3.63, 3.8) is 0 Å². The van der Waals surface area contributed by atoms with Gasteiger partial charge in [-0.1, -0.05) is 42.5 Å². The molecule has 4 aromatic heterocycles. The summed E-state index contributed by atoms with van der Waals surface area (Å²) in [5, 5.41) is 20.7. The molecule has 0 aliphatic rings.